The van der Waals surface area contributed by atoms with Crippen LogP contribution in [0.5, 0.6) is 0 Å². The van der Waals surface area contributed by atoms with Gasteiger partial charge in [0.25, 0.3) is 0 Å². The Hall–Kier alpha value is -1.90. The highest BCUT2D eigenvalue weighted by atomic mass is 32.2. The molecule has 1 saturated heterocycles. The van der Waals surface area contributed by atoms with E-state index in [1.807, 2.05) is 12.1 Å². The van der Waals surface area contributed by atoms with Crippen LogP contribution in [0.15, 0.2) is 53.4 Å². The standard InChI is InChI=1S/C20H23FN2O3S2/c1-16-5-2-3-6-17(16)14-27-15-20(24)22-9-11-23(12-10-22)28(25,26)19-8-4-7-18(21)13-19/h2-8,13H,9-12,14-15H2,1H3. The number of sulfonamides is 1. The van der Waals surface area contributed by atoms with Gasteiger partial charge >= 0.3 is 0 Å². The van der Waals surface area contributed by atoms with Gasteiger partial charge in [0.15, 0.2) is 0 Å². The van der Waals surface area contributed by atoms with Crippen LogP contribution in [0.4, 0.5) is 4.39 Å². The number of carbonyl (C=O) groups is 1. The average molecular weight is 423 g/mol. The molecule has 8 heteroatoms. The number of aryl methyl sites for hydroxylation is 1. The summed E-state index contributed by atoms with van der Waals surface area (Å²) in [6, 6.07) is 13.1. The van der Waals surface area contributed by atoms with Gasteiger partial charge in [0.05, 0.1) is 10.6 Å². The lowest BCUT2D eigenvalue weighted by molar-refractivity contribution is -0.129. The van der Waals surface area contributed by atoms with Crippen molar-refractivity contribution in [2.45, 2.75) is 17.6 Å². The Labute approximate surface area is 169 Å². The van der Waals surface area contributed by atoms with E-state index < -0.39 is 15.8 Å². The summed E-state index contributed by atoms with van der Waals surface area (Å²) < 4.78 is 39.9. The fraction of sp³-hybridized carbons (Fsp3) is 0.350. The second kappa shape index (κ2) is 9.07. The van der Waals surface area contributed by atoms with Gasteiger partial charge in [-0.15, -0.1) is 11.8 Å². The van der Waals surface area contributed by atoms with Crippen molar-refractivity contribution in [3.8, 4) is 0 Å². The van der Waals surface area contributed by atoms with E-state index in [1.54, 1.807) is 16.7 Å². The van der Waals surface area contributed by atoms with Crippen molar-refractivity contribution in [2.75, 3.05) is 31.9 Å². The minimum Gasteiger partial charge on any atom is -0.339 e. The zero-order valence-electron chi connectivity index (χ0n) is 15.7. The molecule has 1 amide bonds. The van der Waals surface area contributed by atoms with Crippen LogP contribution in [-0.2, 0) is 20.6 Å². The summed E-state index contributed by atoms with van der Waals surface area (Å²) in [5.74, 6) is 0.569. The first-order chi connectivity index (χ1) is 13.4. The summed E-state index contributed by atoms with van der Waals surface area (Å²) in [6.07, 6.45) is 0. The molecule has 150 valence electrons. The Kier molecular flexibility index (Phi) is 6.74. The number of piperazine rings is 1. The molecule has 0 saturated carbocycles. The molecule has 1 heterocycles. The Morgan fingerprint density at radius 2 is 1.79 bits per heavy atom. The van der Waals surface area contributed by atoms with Gasteiger partial charge in [0.1, 0.15) is 5.82 Å². The van der Waals surface area contributed by atoms with Gasteiger partial charge in [-0.05, 0) is 36.2 Å². The highest BCUT2D eigenvalue weighted by Crippen LogP contribution is 2.20. The molecular formula is C20H23FN2O3S2. The van der Waals surface area contributed by atoms with E-state index in [0.717, 1.165) is 11.8 Å². The molecule has 0 atom stereocenters. The second-order valence-electron chi connectivity index (χ2n) is 6.66. The van der Waals surface area contributed by atoms with E-state index in [2.05, 4.69) is 19.1 Å². The normalized spacial score (nSPS) is 15.6. The monoisotopic (exact) mass is 422 g/mol. The quantitative estimate of drug-likeness (QED) is 0.718. The first-order valence-electron chi connectivity index (χ1n) is 9.03. The van der Waals surface area contributed by atoms with Gasteiger partial charge in [-0.3, -0.25) is 4.79 Å². The molecule has 0 spiro atoms. The maximum Gasteiger partial charge on any atom is 0.243 e. The molecule has 1 fully saturated rings. The van der Waals surface area contributed by atoms with Crippen molar-refractivity contribution < 1.29 is 17.6 Å². The summed E-state index contributed by atoms with van der Waals surface area (Å²) in [5, 5.41) is 0. The van der Waals surface area contributed by atoms with Crippen LogP contribution in [0.3, 0.4) is 0 Å². The molecule has 0 N–H and O–H groups in total. The maximum atomic E-state index is 13.4. The molecule has 0 aromatic heterocycles. The number of amides is 1. The molecule has 1 aliphatic heterocycles. The lowest BCUT2D eigenvalue weighted by Gasteiger charge is -2.34. The van der Waals surface area contributed by atoms with Gasteiger partial charge in [-0.25, -0.2) is 12.8 Å². The number of hydrogen-bond acceptors (Lipinski definition) is 4. The van der Waals surface area contributed by atoms with Gasteiger partial charge in [-0.1, -0.05) is 30.3 Å². The number of nitrogens with zero attached hydrogens (tertiary/aromatic N) is 2. The topological polar surface area (TPSA) is 57.7 Å². The van der Waals surface area contributed by atoms with Gasteiger partial charge < -0.3 is 4.90 Å². The SMILES string of the molecule is Cc1ccccc1CSCC(=O)N1CCN(S(=O)(=O)c2cccc(F)c2)CC1. The molecule has 0 unspecified atom stereocenters. The predicted molar refractivity (Wildman–Crippen MR) is 109 cm³/mol. The molecular weight excluding hydrogens is 399 g/mol. The van der Waals surface area contributed by atoms with E-state index in [4.69, 9.17) is 0 Å². The fourth-order valence-corrected chi connectivity index (χ4v) is 5.52. The molecule has 0 aliphatic carbocycles. The summed E-state index contributed by atoms with van der Waals surface area (Å²) in [6.45, 7) is 3.17. The minimum atomic E-state index is -3.74. The second-order valence-corrected chi connectivity index (χ2v) is 9.59. The first kappa shape index (κ1) is 20.8. The molecule has 3 rings (SSSR count). The molecule has 0 bridgehead atoms. The summed E-state index contributed by atoms with van der Waals surface area (Å²) in [7, 11) is -3.74. The first-order valence-corrected chi connectivity index (χ1v) is 11.6. The third kappa shape index (κ3) is 4.92. The fourth-order valence-electron chi connectivity index (χ4n) is 3.07. The number of carbonyl (C=O) groups excluding carboxylic acids is 1. The van der Waals surface area contributed by atoms with Crippen LogP contribution in [0.1, 0.15) is 11.1 Å². The number of thioether (sulfide) groups is 1. The Bertz CT molecular complexity index is 942. The summed E-state index contributed by atoms with van der Waals surface area (Å²) >= 11 is 1.56. The van der Waals surface area contributed by atoms with E-state index in [9.17, 15) is 17.6 Å². The molecule has 2 aromatic rings. The van der Waals surface area contributed by atoms with E-state index >= 15 is 0 Å². The maximum absolute atomic E-state index is 13.4. The van der Waals surface area contributed by atoms with Crippen LogP contribution in [0.2, 0.25) is 0 Å². The molecule has 28 heavy (non-hydrogen) atoms. The molecule has 0 radical (unpaired) electrons. The van der Waals surface area contributed by atoms with Crippen molar-refractivity contribution >= 4 is 27.7 Å². The number of hydrogen-bond donors (Lipinski definition) is 0. The average Bonchev–Trinajstić information content (AvgIpc) is 2.69. The van der Waals surface area contributed by atoms with Crippen LogP contribution in [-0.4, -0.2) is 55.5 Å². The molecule has 5 nitrogen and oxygen atoms in total. The van der Waals surface area contributed by atoms with Crippen LogP contribution < -0.4 is 0 Å². The summed E-state index contributed by atoms with van der Waals surface area (Å²) in [5.41, 5.74) is 2.42. The highest BCUT2D eigenvalue weighted by molar-refractivity contribution is 7.99. The largest absolute Gasteiger partial charge is 0.339 e. The zero-order chi connectivity index (χ0) is 20.1. The lowest BCUT2D eigenvalue weighted by Crippen LogP contribution is -2.51. The van der Waals surface area contributed by atoms with Gasteiger partial charge in [0.2, 0.25) is 15.9 Å². The number of rotatable bonds is 6. The molecule has 2 aromatic carbocycles. The van der Waals surface area contributed by atoms with Crippen LogP contribution in [0, 0.1) is 12.7 Å². The Morgan fingerprint density at radius 1 is 1.07 bits per heavy atom. The van der Waals surface area contributed by atoms with Gasteiger partial charge in [-0.2, -0.15) is 4.31 Å². The predicted octanol–water partition coefficient (Wildman–Crippen LogP) is 2.90. The third-order valence-corrected chi connectivity index (χ3v) is 7.63. The lowest BCUT2D eigenvalue weighted by atomic mass is 10.1. The van der Waals surface area contributed by atoms with E-state index in [0.29, 0.717) is 18.8 Å². The smallest absolute Gasteiger partial charge is 0.243 e. The third-order valence-electron chi connectivity index (χ3n) is 4.77. The number of halogens is 1. The van der Waals surface area contributed by atoms with Crippen molar-refractivity contribution in [1.29, 1.82) is 0 Å². The van der Waals surface area contributed by atoms with Gasteiger partial charge in [0, 0.05) is 31.9 Å². The van der Waals surface area contributed by atoms with Crippen molar-refractivity contribution in [3.05, 3.63) is 65.5 Å². The minimum absolute atomic E-state index is 0.0152. The van der Waals surface area contributed by atoms with Crippen molar-refractivity contribution in [2.24, 2.45) is 0 Å². The molecule has 1 aliphatic rings. The Balaban J connectivity index is 1.50. The Morgan fingerprint density at radius 3 is 2.46 bits per heavy atom. The summed E-state index contributed by atoms with van der Waals surface area (Å²) in [4.78, 5) is 14.1. The highest BCUT2D eigenvalue weighted by Gasteiger charge is 2.30. The van der Waals surface area contributed by atoms with Crippen molar-refractivity contribution in [1.82, 2.24) is 9.21 Å². The van der Waals surface area contributed by atoms with Crippen LogP contribution in [0.25, 0.3) is 0 Å². The zero-order valence-corrected chi connectivity index (χ0v) is 17.3. The van der Waals surface area contributed by atoms with Crippen LogP contribution >= 0.6 is 11.8 Å². The van der Waals surface area contributed by atoms with Crippen molar-refractivity contribution in [3.63, 3.8) is 0 Å². The van der Waals surface area contributed by atoms with E-state index in [1.165, 1.54) is 33.6 Å². The number of benzene rings is 2. The van der Waals surface area contributed by atoms with E-state index in [-0.39, 0.29) is 23.9 Å².